The first kappa shape index (κ1) is 12.0. The average Bonchev–Trinajstić information content (AvgIpc) is 2.26. The molecule has 0 bridgehead atoms. The van der Waals surface area contributed by atoms with Gasteiger partial charge in [-0.05, 0) is 31.6 Å². The largest absolute Gasteiger partial charge is 0.427 e. The summed E-state index contributed by atoms with van der Waals surface area (Å²) in [7, 11) is 0. The van der Waals surface area contributed by atoms with Gasteiger partial charge in [0.1, 0.15) is 5.76 Å². The molecular weight excluding hydrogens is 256 g/mol. The molecule has 0 aliphatic carbocycles. The van der Waals surface area contributed by atoms with Gasteiger partial charge in [-0.1, -0.05) is 34.1 Å². The predicted octanol–water partition coefficient (Wildman–Crippen LogP) is 3.45. The van der Waals surface area contributed by atoms with Crippen LogP contribution in [0.1, 0.15) is 22.8 Å². The number of halogens is 1. The third-order valence-corrected chi connectivity index (χ3v) is 2.60. The molecule has 15 heavy (non-hydrogen) atoms. The zero-order chi connectivity index (χ0) is 11.3. The van der Waals surface area contributed by atoms with E-state index in [4.69, 9.17) is 4.74 Å². The molecule has 2 nitrogen and oxygen atoms in total. The summed E-state index contributed by atoms with van der Waals surface area (Å²) in [5.41, 5.74) is 1.53. The van der Waals surface area contributed by atoms with Crippen molar-refractivity contribution in [2.75, 3.05) is 5.33 Å². The van der Waals surface area contributed by atoms with Crippen molar-refractivity contribution in [1.29, 1.82) is 0 Å². The third-order valence-electron chi connectivity index (χ3n) is 2.04. The Labute approximate surface area is 98.1 Å². The van der Waals surface area contributed by atoms with Crippen molar-refractivity contribution < 1.29 is 9.53 Å². The number of ether oxygens (including phenoxy) is 1. The Morgan fingerprint density at radius 1 is 1.47 bits per heavy atom. The molecule has 1 aromatic rings. The van der Waals surface area contributed by atoms with Crippen molar-refractivity contribution in [2.45, 2.75) is 13.8 Å². The Morgan fingerprint density at radius 3 is 2.67 bits per heavy atom. The van der Waals surface area contributed by atoms with Crippen LogP contribution in [0.25, 0.3) is 0 Å². The predicted molar refractivity (Wildman–Crippen MR) is 64.1 cm³/mol. The molecule has 0 amide bonds. The van der Waals surface area contributed by atoms with E-state index in [9.17, 15) is 4.79 Å². The minimum atomic E-state index is -0.305. The van der Waals surface area contributed by atoms with Crippen LogP contribution in [0, 0.1) is 6.92 Å². The molecule has 0 N–H and O–H groups in total. The van der Waals surface area contributed by atoms with Crippen molar-refractivity contribution in [3.63, 3.8) is 0 Å². The van der Waals surface area contributed by atoms with Gasteiger partial charge in [0.25, 0.3) is 0 Å². The first-order valence-electron chi connectivity index (χ1n) is 4.68. The van der Waals surface area contributed by atoms with Crippen LogP contribution in [-0.2, 0) is 4.74 Å². The molecule has 0 atom stereocenters. The molecule has 1 rings (SSSR count). The van der Waals surface area contributed by atoms with Crippen LogP contribution in [0.3, 0.4) is 0 Å². The number of carbonyl (C=O) groups excluding carboxylic acids is 1. The summed E-state index contributed by atoms with van der Waals surface area (Å²) in [5, 5.41) is 0.543. The van der Waals surface area contributed by atoms with Gasteiger partial charge in [0.2, 0.25) is 0 Å². The Kier molecular flexibility index (Phi) is 4.56. The molecule has 0 fully saturated rings. The maximum Gasteiger partial charge on any atom is 0.343 e. The maximum absolute atomic E-state index is 11.7. The smallest absolute Gasteiger partial charge is 0.343 e. The zero-order valence-electron chi connectivity index (χ0n) is 8.79. The molecule has 0 aliphatic heterocycles. The average molecular weight is 269 g/mol. The van der Waals surface area contributed by atoms with Crippen molar-refractivity contribution in [2.24, 2.45) is 0 Å². The monoisotopic (exact) mass is 268 g/mol. The summed E-state index contributed by atoms with van der Waals surface area (Å²) in [4.78, 5) is 11.7. The maximum atomic E-state index is 11.7. The second-order valence-corrected chi connectivity index (χ2v) is 3.65. The van der Waals surface area contributed by atoms with Gasteiger partial charge in [-0.2, -0.15) is 0 Å². The summed E-state index contributed by atoms with van der Waals surface area (Å²) in [6.45, 7) is 3.72. The van der Waals surface area contributed by atoms with E-state index in [1.165, 1.54) is 0 Å². The lowest BCUT2D eigenvalue weighted by atomic mass is 10.1. The Bertz CT molecular complexity index is 383. The van der Waals surface area contributed by atoms with Crippen LogP contribution in [0.2, 0.25) is 0 Å². The van der Waals surface area contributed by atoms with Crippen LogP contribution < -0.4 is 0 Å². The Hall–Kier alpha value is -1.09. The standard InChI is InChI=1S/C12H13BrO2/c1-3-10(8-13)15-12(14)11-7-5-4-6-9(11)2/h3-7H,8H2,1-2H3. The fourth-order valence-corrected chi connectivity index (χ4v) is 1.58. The second-order valence-electron chi connectivity index (χ2n) is 3.09. The number of hydrogen-bond acceptors (Lipinski definition) is 2. The second kappa shape index (κ2) is 5.71. The highest BCUT2D eigenvalue weighted by Gasteiger charge is 2.10. The quantitative estimate of drug-likeness (QED) is 0.477. The first-order valence-corrected chi connectivity index (χ1v) is 5.80. The molecule has 80 valence electrons. The lowest BCUT2D eigenvalue weighted by Gasteiger charge is -2.07. The first-order chi connectivity index (χ1) is 7.19. The molecule has 0 aromatic heterocycles. The topological polar surface area (TPSA) is 26.3 Å². The number of aryl methyl sites for hydroxylation is 1. The molecule has 0 saturated heterocycles. The number of carbonyl (C=O) groups is 1. The van der Waals surface area contributed by atoms with Gasteiger partial charge in [0.05, 0.1) is 10.9 Å². The van der Waals surface area contributed by atoms with Crippen molar-refractivity contribution in [1.82, 2.24) is 0 Å². The van der Waals surface area contributed by atoms with E-state index in [1.807, 2.05) is 32.0 Å². The van der Waals surface area contributed by atoms with Gasteiger partial charge in [0, 0.05) is 0 Å². The van der Waals surface area contributed by atoms with E-state index >= 15 is 0 Å². The summed E-state index contributed by atoms with van der Waals surface area (Å²) in [5.74, 6) is 0.323. The van der Waals surface area contributed by atoms with Crippen LogP contribution >= 0.6 is 15.9 Å². The highest BCUT2D eigenvalue weighted by atomic mass is 79.9. The number of benzene rings is 1. The van der Waals surface area contributed by atoms with Crippen molar-refractivity contribution in [3.05, 3.63) is 47.2 Å². The SMILES string of the molecule is CC=C(CBr)OC(=O)c1ccccc1C. The van der Waals surface area contributed by atoms with E-state index in [0.717, 1.165) is 5.56 Å². The lowest BCUT2D eigenvalue weighted by molar-refractivity contribution is 0.0627. The molecule has 0 radical (unpaired) electrons. The molecule has 0 spiro atoms. The molecule has 0 saturated carbocycles. The molecular formula is C12H13BrO2. The molecule has 0 aliphatic rings. The number of allylic oxidation sites excluding steroid dienone is 2. The number of hydrogen-bond donors (Lipinski definition) is 0. The van der Waals surface area contributed by atoms with E-state index in [0.29, 0.717) is 16.7 Å². The number of esters is 1. The van der Waals surface area contributed by atoms with Gasteiger partial charge in [-0.15, -0.1) is 0 Å². The summed E-state index contributed by atoms with van der Waals surface area (Å²) in [6.07, 6.45) is 1.77. The van der Waals surface area contributed by atoms with Gasteiger partial charge in [0.15, 0.2) is 0 Å². The molecule has 0 unspecified atom stereocenters. The summed E-state index contributed by atoms with van der Waals surface area (Å²) >= 11 is 3.25. The highest BCUT2D eigenvalue weighted by Crippen LogP contribution is 2.12. The van der Waals surface area contributed by atoms with Crippen LogP contribution in [0.4, 0.5) is 0 Å². The fraction of sp³-hybridized carbons (Fsp3) is 0.250. The van der Waals surface area contributed by atoms with E-state index in [1.54, 1.807) is 12.1 Å². The minimum absolute atomic E-state index is 0.305. The van der Waals surface area contributed by atoms with Gasteiger partial charge in [-0.25, -0.2) is 4.79 Å². The van der Waals surface area contributed by atoms with Gasteiger partial charge >= 0.3 is 5.97 Å². The van der Waals surface area contributed by atoms with Crippen LogP contribution in [-0.4, -0.2) is 11.3 Å². The lowest BCUT2D eigenvalue weighted by Crippen LogP contribution is -2.07. The summed E-state index contributed by atoms with van der Waals surface area (Å²) in [6, 6.07) is 7.37. The third kappa shape index (κ3) is 3.20. The molecule has 3 heteroatoms. The van der Waals surface area contributed by atoms with E-state index < -0.39 is 0 Å². The molecule has 0 heterocycles. The van der Waals surface area contributed by atoms with Crippen molar-refractivity contribution in [3.8, 4) is 0 Å². The minimum Gasteiger partial charge on any atom is -0.427 e. The summed E-state index contributed by atoms with van der Waals surface area (Å²) < 4.78 is 5.19. The highest BCUT2D eigenvalue weighted by molar-refractivity contribution is 9.09. The van der Waals surface area contributed by atoms with Gasteiger partial charge in [-0.3, -0.25) is 0 Å². The number of alkyl halides is 1. The fourth-order valence-electron chi connectivity index (χ4n) is 1.14. The van der Waals surface area contributed by atoms with Crippen LogP contribution in [0.5, 0.6) is 0 Å². The van der Waals surface area contributed by atoms with Crippen molar-refractivity contribution >= 4 is 21.9 Å². The normalized spacial score (nSPS) is 11.3. The Balaban J connectivity index is 2.82. The van der Waals surface area contributed by atoms with Gasteiger partial charge < -0.3 is 4.74 Å². The molecule has 1 aromatic carbocycles. The van der Waals surface area contributed by atoms with E-state index in [2.05, 4.69) is 15.9 Å². The van der Waals surface area contributed by atoms with Crippen LogP contribution in [0.15, 0.2) is 36.1 Å². The number of rotatable bonds is 3. The zero-order valence-corrected chi connectivity index (χ0v) is 10.4. The Morgan fingerprint density at radius 2 is 2.13 bits per heavy atom. The van der Waals surface area contributed by atoms with E-state index in [-0.39, 0.29) is 5.97 Å².